The van der Waals surface area contributed by atoms with Gasteiger partial charge in [0.25, 0.3) is 0 Å². The minimum Gasteiger partial charge on any atom is -0.494 e. The average molecular weight is 354 g/mol. The van der Waals surface area contributed by atoms with E-state index in [9.17, 15) is 4.79 Å². The number of ether oxygens (including phenoxy) is 1. The predicted octanol–water partition coefficient (Wildman–Crippen LogP) is 5.76. The molecule has 0 saturated heterocycles. The van der Waals surface area contributed by atoms with Gasteiger partial charge in [-0.2, -0.15) is 0 Å². The Balaban J connectivity index is 2.05. The van der Waals surface area contributed by atoms with Crippen molar-refractivity contribution in [2.24, 2.45) is 0 Å². The Morgan fingerprint density at radius 3 is 2.38 bits per heavy atom. The number of nitrogens with zero attached hydrogens (tertiary/aromatic N) is 1. The molecule has 0 aliphatic heterocycles. The first kappa shape index (κ1) is 20.0. The number of carbonyl (C=O) groups is 1. The summed E-state index contributed by atoms with van der Waals surface area (Å²) in [4.78, 5) is 14.0. The van der Waals surface area contributed by atoms with Crippen molar-refractivity contribution in [2.75, 3.05) is 11.5 Å². The molecule has 140 valence electrons. The van der Waals surface area contributed by atoms with E-state index in [1.807, 2.05) is 36.1 Å². The summed E-state index contributed by atoms with van der Waals surface area (Å²) in [5.41, 5.74) is 3.35. The molecule has 0 unspecified atom stereocenters. The van der Waals surface area contributed by atoms with Crippen molar-refractivity contribution in [3.05, 3.63) is 59.7 Å². The van der Waals surface area contributed by atoms with Gasteiger partial charge in [0, 0.05) is 12.6 Å². The molecule has 0 atom stereocenters. The summed E-state index contributed by atoms with van der Waals surface area (Å²) in [6.07, 6.45) is 6.19. The molecule has 0 N–H and O–H groups in total. The van der Waals surface area contributed by atoms with E-state index in [4.69, 9.17) is 4.74 Å². The van der Waals surface area contributed by atoms with Crippen LogP contribution in [0.1, 0.15) is 57.6 Å². The van der Waals surface area contributed by atoms with Crippen LogP contribution in [0.5, 0.6) is 5.75 Å². The molecule has 0 aromatic heterocycles. The van der Waals surface area contributed by atoms with E-state index >= 15 is 0 Å². The van der Waals surface area contributed by atoms with Crippen LogP contribution in [0.3, 0.4) is 0 Å². The zero-order valence-electron chi connectivity index (χ0n) is 16.3. The molecule has 3 nitrogen and oxygen atoms in total. The zero-order valence-corrected chi connectivity index (χ0v) is 16.3. The molecular weight excluding hydrogens is 322 g/mol. The van der Waals surface area contributed by atoms with Crippen LogP contribution in [0, 0.1) is 0 Å². The van der Waals surface area contributed by atoms with Crippen LogP contribution in [0.4, 0.5) is 5.69 Å². The molecule has 2 aromatic rings. The molecule has 2 aromatic carbocycles. The van der Waals surface area contributed by atoms with E-state index in [1.54, 1.807) is 6.92 Å². The lowest BCUT2D eigenvalue weighted by Crippen LogP contribution is -2.27. The van der Waals surface area contributed by atoms with Crippen LogP contribution in [-0.4, -0.2) is 12.5 Å². The van der Waals surface area contributed by atoms with E-state index in [1.165, 1.54) is 31.2 Å². The second-order valence-electron chi connectivity index (χ2n) is 6.66. The number of benzene rings is 2. The standard InChI is InChI=1S/C23H31NO2/c1-4-6-7-8-10-20-13-15-22(16-14-20)24(19(3)25)18-21-11-9-12-23(17-21)26-5-2/h9,11-17H,4-8,10,18H2,1-3H3. The average Bonchev–Trinajstić information content (AvgIpc) is 2.64. The van der Waals surface area contributed by atoms with E-state index < -0.39 is 0 Å². The second-order valence-corrected chi connectivity index (χ2v) is 6.66. The summed E-state index contributed by atoms with van der Waals surface area (Å²) in [5, 5.41) is 0. The first-order valence-electron chi connectivity index (χ1n) is 9.72. The van der Waals surface area contributed by atoms with Crippen LogP contribution >= 0.6 is 0 Å². The lowest BCUT2D eigenvalue weighted by molar-refractivity contribution is -0.116. The molecule has 0 heterocycles. The Hall–Kier alpha value is -2.29. The van der Waals surface area contributed by atoms with Crippen LogP contribution < -0.4 is 9.64 Å². The van der Waals surface area contributed by atoms with Crippen molar-refractivity contribution in [3.63, 3.8) is 0 Å². The third-order valence-corrected chi connectivity index (χ3v) is 4.50. The SMILES string of the molecule is CCCCCCc1ccc(N(Cc2cccc(OCC)c2)C(C)=O)cc1. The number of hydrogen-bond acceptors (Lipinski definition) is 2. The first-order valence-corrected chi connectivity index (χ1v) is 9.72. The highest BCUT2D eigenvalue weighted by atomic mass is 16.5. The molecule has 0 aliphatic carbocycles. The number of anilines is 1. The molecule has 2 rings (SSSR count). The van der Waals surface area contributed by atoms with Crippen LogP contribution in [0.2, 0.25) is 0 Å². The van der Waals surface area contributed by atoms with Crippen molar-refractivity contribution in [3.8, 4) is 5.75 Å². The predicted molar refractivity (Wildman–Crippen MR) is 109 cm³/mol. The van der Waals surface area contributed by atoms with Crippen molar-refractivity contribution >= 4 is 11.6 Å². The van der Waals surface area contributed by atoms with Crippen molar-refractivity contribution in [2.45, 2.75) is 59.4 Å². The Kier molecular flexibility index (Phi) is 8.20. The maximum absolute atomic E-state index is 12.2. The van der Waals surface area contributed by atoms with Gasteiger partial charge in [-0.1, -0.05) is 50.5 Å². The quantitative estimate of drug-likeness (QED) is 0.508. The van der Waals surface area contributed by atoms with E-state index in [0.717, 1.165) is 23.4 Å². The third-order valence-electron chi connectivity index (χ3n) is 4.50. The Labute approximate surface area is 158 Å². The number of aryl methyl sites for hydroxylation is 1. The summed E-state index contributed by atoms with van der Waals surface area (Å²) in [6, 6.07) is 16.4. The van der Waals surface area contributed by atoms with Gasteiger partial charge in [-0.15, -0.1) is 0 Å². The Morgan fingerprint density at radius 1 is 0.962 bits per heavy atom. The maximum Gasteiger partial charge on any atom is 0.224 e. The molecule has 3 heteroatoms. The van der Waals surface area contributed by atoms with Crippen LogP contribution in [0.15, 0.2) is 48.5 Å². The molecule has 0 radical (unpaired) electrons. The fourth-order valence-electron chi connectivity index (χ4n) is 3.07. The third kappa shape index (κ3) is 6.21. The monoisotopic (exact) mass is 353 g/mol. The number of carbonyl (C=O) groups excluding carboxylic acids is 1. The summed E-state index contributed by atoms with van der Waals surface area (Å²) < 4.78 is 5.56. The number of unbranched alkanes of at least 4 members (excludes halogenated alkanes) is 3. The van der Waals surface area contributed by atoms with Crippen LogP contribution in [-0.2, 0) is 17.8 Å². The van der Waals surface area contributed by atoms with Crippen molar-refractivity contribution in [1.29, 1.82) is 0 Å². The fraction of sp³-hybridized carbons (Fsp3) is 0.435. The molecule has 0 spiro atoms. The highest BCUT2D eigenvalue weighted by Crippen LogP contribution is 2.21. The van der Waals surface area contributed by atoms with E-state index in [0.29, 0.717) is 13.2 Å². The lowest BCUT2D eigenvalue weighted by Gasteiger charge is -2.22. The number of rotatable bonds is 10. The molecule has 0 aliphatic rings. The topological polar surface area (TPSA) is 29.5 Å². The molecule has 0 bridgehead atoms. The maximum atomic E-state index is 12.2. The molecular formula is C23H31NO2. The molecule has 0 saturated carbocycles. The van der Waals surface area contributed by atoms with Gasteiger partial charge in [0.1, 0.15) is 5.75 Å². The van der Waals surface area contributed by atoms with Crippen molar-refractivity contribution < 1.29 is 9.53 Å². The summed E-state index contributed by atoms with van der Waals surface area (Å²) in [6.45, 7) is 7.00. The summed E-state index contributed by atoms with van der Waals surface area (Å²) in [7, 11) is 0. The van der Waals surface area contributed by atoms with Gasteiger partial charge in [0.15, 0.2) is 0 Å². The zero-order chi connectivity index (χ0) is 18.8. The van der Waals surface area contributed by atoms with Crippen LogP contribution in [0.25, 0.3) is 0 Å². The number of amides is 1. The van der Waals surface area contributed by atoms with Gasteiger partial charge >= 0.3 is 0 Å². The van der Waals surface area contributed by atoms with Gasteiger partial charge in [-0.25, -0.2) is 0 Å². The second kappa shape index (κ2) is 10.6. The van der Waals surface area contributed by atoms with Gasteiger partial charge in [0.05, 0.1) is 13.2 Å². The lowest BCUT2D eigenvalue weighted by atomic mass is 10.1. The Morgan fingerprint density at radius 2 is 1.73 bits per heavy atom. The van der Waals surface area contributed by atoms with Gasteiger partial charge < -0.3 is 9.64 Å². The smallest absolute Gasteiger partial charge is 0.224 e. The fourth-order valence-corrected chi connectivity index (χ4v) is 3.07. The normalized spacial score (nSPS) is 10.6. The van der Waals surface area contributed by atoms with E-state index in [2.05, 4.69) is 31.2 Å². The number of hydrogen-bond donors (Lipinski definition) is 0. The first-order chi connectivity index (χ1) is 12.6. The molecule has 0 fully saturated rings. The van der Waals surface area contributed by atoms with E-state index in [-0.39, 0.29) is 5.91 Å². The summed E-state index contributed by atoms with van der Waals surface area (Å²) >= 11 is 0. The molecule has 1 amide bonds. The highest BCUT2D eigenvalue weighted by Gasteiger charge is 2.12. The summed E-state index contributed by atoms with van der Waals surface area (Å²) in [5.74, 6) is 0.887. The highest BCUT2D eigenvalue weighted by molar-refractivity contribution is 5.91. The largest absolute Gasteiger partial charge is 0.494 e. The minimum atomic E-state index is 0.0440. The van der Waals surface area contributed by atoms with Gasteiger partial charge in [-0.3, -0.25) is 4.79 Å². The minimum absolute atomic E-state index is 0.0440. The molecule has 26 heavy (non-hydrogen) atoms. The van der Waals surface area contributed by atoms with Gasteiger partial charge in [-0.05, 0) is 55.2 Å². The van der Waals surface area contributed by atoms with Crippen molar-refractivity contribution in [1.82, 2.24) is 0 Å². The Bertz CT molecular complexity index is 679. The van der Waals surface area contributed by atoms with Gasteiger partial charge in [0.2, 0.25) is 5.91 Å².